The van der Waals surface area contributed by atoms with Crippen molar-refractivity contribution < 1.29 is 0 Å². The lowest BCUT2D eigenvalue weighted by atomic mass is 9.70. The highest BCUT2D eigenvalue weighted by Crippen LogP contribution is 2.54. The van der Waals surface area contributed by atoms with Gasteiger partial charge in [-0.15, -0.1) is 0 Å². The van der Waals surface area contributed by atoms with Crippen LogP contribution in [0, 0.1) is 0 Å². The van der Waals surface area contributed by atoms with Gasteiger partial charge in [-0.2, -0.15) is 0 Å². The Hall–Kier alpha value is -1.82. The summed E-state index contributed by atoms with van der Waals surface area (Å²) in [6.07, 6.45) is 21.0. The van der Waals surface area contributed by atoms with E-state index in [1.54, 1.807) is 11.1 Å². The zero-order valence-corrected chi connectivity index (χ0v) is 20.2. The second-order valence-electron chi connectivity index (χ2n) is 9.67. The number of hydrogen-bond acceptors (Lipinski definition) is 0. The molecule has 0 amide bonds. The lowest BCUT2D eigenvalue weighted by Crippen LogP contribution is -2.25. The highest BCUT2D eigenvalue weighted by molar-refractivity contribution is 5.82. The number of benzene rings is 2. The minimum atomic E-state index is 0.195. The second kappa shape index (κ2) is 12.3. The van der Waals surface area contributed by atoms with E-state index < -0.39 is 0 Å². The van der Waals surface area contributed by atoms with Crippen LogP contribution in [0.5, 0.6) is 0 Å². The summed E-state index contributed by atoms with van der Waals surface area (Å²) in [7, 11) is 0. The Labute approximate surface area is 192 Å². The second-order valence-corrected chi connectivity index (χ2v) is 9.67. The van der Waals surface area contributed by atoms with Crippen molar-refractivity contribution in [3.63, 3.8) is 0 Å². The van der Waals surface area contributed by atoms with E-state index in [1.807, 2.05) is 6.08 Å². The van der Waals surface area contributed by atoms with E-state index in [0.717, 1.165) is 0 Å². The van der Waals surface area contributed by atoms with Gasteiger partial charge in [0.25, 0.3) is 0 Å². The number of fused-ring (bicyclic) bond motifs is 3. The summed E-state index contributed by atoms with van der Waals surface area (Å²) in [5.74, 6) is 0. The molecule has 0 heterocycles. The zero-order chi connectivity index (χ0) is 21.9. The highest BCUT2D eigenvalue weighted by Gasteiger charge is 2.41. The maximum atomic E-state index is 4.06. The molecule has 1 aliphatic rings. The molecule has 0 aliphatic heterocycles. The molecule has 3 rings (SSSR count). The van der Waals surface area contributed by atoms with E-state index in [2.05, 4.69) is 62.9 Å². The molecule has 0 N–H and O–H groups in total. The van der Waals surface area contributed by atoms with Gasteiger partial charge < -0.3 is 0 Å². The summed E-state index contributed by atoms with van der Waals surface area (Å²) >= 11 is 0. The van der Waals surface area contributed by atoms with Gasteiger partial charge in [-0.1, -0.05) is 146 Å². The first-order valence-corrected chi connectivity index (χ1v) is 13.1. The van der Waals surface area contributed by atoms with Crippen molar-refractivity contribution >= 4 is 6.08 Å². The van der Waals surface area contributed by atoms with Gasteiger partial charge in [0.1, 0.15) is 0 Å². The van der Waals surface area contributed by atoms with Gasteiger partial charge in [-0.25, -0.2) is 0 Å². The predicted octanol–water partition coefficient (Wildman–Crippen LogP) is 10.1. The summed E-state index contributed by atoms with van der Waals surface area (Å²) in [5, 5.41) is 0. The summed E-state index contributed by atoms with van der Waals surface area (Å²) in [5.41, 5.74) is 7.58. The molecule has 0 heteroatoms. The van der Waals surface area contributed by atoms with Crippen molar-refractivity contribution in [2.24, 2.45) is 0 Å². The molecule has 0 unspecified atom stereocenters. The Morgan fingerprint density at radius 3 is 1.81 bits per heavy atom. The van der Waals surface area contributed by atoms with Crippen LogP contribution in [0.15, 0.2) is 49.0 Å². The molecule has 2 aromatic rings. The van der Waals surface area contributed by atoms with Crippen LogP contribution in [-0.2, 0) is 5.41 Å². The summed E-state index contributed by atoms with van der Waals surface area (Å²) in [6.45, 7) is 8.67. The third kappa shape index (κ3) is 5.71. The molecular weight excluding hydrogens is 372 g/mol. The average Bonchev–Trinajstić information content (AvgIpc) is 3.08. The fraction of sp³-hybridized carbons (Fsp3) is 0.548. The van der Waals surface area contributed by atoms with Crippen LogP contribution in [0.25, 0.3) is 17.2 Å². The van der Waals surface area contributed by atoms with Crippen LogP contribution in [0.3, 0.4) is 0 Å². The normalized spacial score (nSPS) is 13.7. The minimum absolute atomic E-state index is 0.195. The average molecular weight is 417 g/mol. The Morgan fingerprint density at radius 2 is 1.19 bits per heavy atom. The van der Waals surface area contributed by atoms with Gasteiger partial charge in [0.05, 0.1) is 0 Å². The molecule has 0 fully saturated rings. The van der Waals surface area contributed by atoms with Gasteiger partial charge in [0.2, 0.25) is 0 Å². The first-order chi connectivity index (χ1) is 15.3. The third-order valence-electron chi connectivity index (χ3n) is 7.44. The summed E-state index contributed by atoms with van der Waals surface area (Å²) < 4.78 is 0. The molecular formula is C31H44. The molecule has 0 saturated heterocycles. The zero-order valence-electron chi connectivity index (χ0n) is 20.2. The topological polar surface area (TPSA) is 0 Å². The van der Waals surface area contributed by atoms with Crippen LogP contribution < -0.4 is 0 Å². The first-order valence-electron chi connectivity index (χ1n) is 13.1. The largest absolute Gasteiger partial charge is 0.0985 e. The molecule has 0 aromatic heterocycles. The van der Waals surface area contributed by atoms with Crippen LogP contribution >= 0.6 is 0 Å². The van der Waals surface area contributed by atoms with Crippen LogP contribution in [-0.4, -0.2) is 0 Å². The molecule has 0 radical (unpaired) electrons. The smallest absolute Gasteiger partial charge is 0.0215 e. The molecule has 0 nitrogen and oxygen atoms in total. The lowest BCUT2D eigenvalue weighted by molar-refractivity contribution is 0.398. The number of unbranched alkanes of at least 4 members (excludes halogenated alkanes) is 10. The Kier molecular flexibility index (Phi) is 9.44. The van der Waals surface area contributed by atoms with Crippen molar-refractivity contribution in [1.82, 2.24) is 0 Å². The Bertz CT molecular complexity index is 797. The van der Waals surface area contributed by atoms with E-state index in [1.165, 1.54) is 107 Å². The maximum absolute atomic E-state index is 4.06. The van der Waals surface area contributed by atoms with Crippen molar-refractivity contribution in [3.05, 3.63) is 65.7 Å². The summed E-state index contributed by atoms with van der Waals surface area (Å²) in [4.78, 5) is 0. The predicted molar refractivity (Wildman–Crippen MR) is 139 cm³/mol. The first kappa shape index (κ1) is 23.8. The van der Waals surface area contributed by atoms with Crippen LogP contribution in [0.1, 0.15) is 120 Å². The van der Waals surface area contributed by atoms with E-state index >= 15 is 0 Å². The Morgan fingerprint density at radius 1 is 0.645 bits per heavy atom. The van der Waals surface area contributed by atoms with Crippen molar-refractivity contribution in [3.8, 4) is 11.1 Å². The van der Waals surface area contributed by atoms with Gasteiger partial charge in [-0.05, 0) is 40.7 Å². The van der Waals surface area contributed by atoms with Crippen molar-refractivity contribution in [2.75, 3.05) is 0 Å². The third-order valence-corrected chi connectivity index (χ3v) is 7.44. The van der Waals surface area contributed by atoms with Gasteiger partial charge >= 0.3 is 0 Å². The Balaban J connectivity index is 1.84. The van der Waals surface area contributed by atoms with Crippen molar-refractivity contribution in [2.45, 2.75) is 109 Å². The van der Waals surface area contributed by atoms with Crippen molar-refractivity contribution in [1.29, 1.82) is 0 Å². The van der Waals surface area contributed by atoms with Crippen LogP contribution in [0.2, 0.25) is 0 Å². The monoisotopic (exact) mass is 416 g/mol. The van der Waals surface area contributed by atoms with Gasteiger partial charge in [0.15, 0.2) is 0 Å². The minimum Gasteiger partial charge on any atom is -0.0985 e. The molecule has 2 aromatic carbocycles. The fourth-order valence-electron chi connectivity index (χ4n) is 5.68. The molecule has 1 aliphatic carbocycles. The van der Waals surface area contributed by atoms with E-state index in [4.69, 9.17) is 0 Å². The quantitative estimate of drug-likeness (QED) is 0.253. The highest BCUT2D eigenvalue weighted by atomic mass is 14.4. The fourth-order valence-corrected chi connectivity index (χ4v) is 5.68. The number of rotatable bonds is 15. The lowest BCUT2D eigenvalue weighted by Gasteiger charge is -2.33. The number of hydrogen-bond donors (Lipinski definition) is 0. The van der Waals surface area contributed by atoms with Crippen LogP contribution in [0.4, 0.5) is 0 Å². The maximum Gasteiger partial charge on any atom is 0.0215 e. The SMILES string of the molecule is C=Cc1ccc2c(c1)C(CCCCCCCC)(CCCCCCCC)c1ccccc1-2. The molecule has 0 saturated carbocycles. The molecule has 168 valence electrons. The van der Waals surface area contributed by atoms with Gasteiger partial charge in [0, 0.05) is 5.41 Å². The molecule has 0 spiro atoms. The van der Waals surface area contributed by atoms with E-state index in [9.17, 15) is 0 Å². The standard InChI is InChI=1S/C31H44/c1-4-7-9-11-13-17-23-31(24-18-14-12-10-8-5-2)29-20-16-15-19-27(29)28-22-21-26(6-3)25-30(28)31/h6,15-16,19-22,25H,3-5,7-14,17-18,23-24H2,1-2H3. The van der Waals surface area contributed by atoms with Gasteiger partial charge in [-0.3, -0.25) is 0 Å². The van der Waals surface area contributed by atoms with E-state index in [-0.39, 0.29) is 5.41 Å². The molecule has 0 bridgehead atoms. The molecule has 0 atom stereocenters. The summed E-state index contributed by atoms with van der Waals surface area (Å²) in [6, 6.07) is 16.3. The molecule has 31 heavy (non-hydrogen) atoms. The van der Waals surface area contributed by atoms with E-state index in [0.29, 0.717) is 0 Å².